The lowest BCUT2D eigenvalue weighted by Crippen LogP contribution is -2.54. The van der Waals surface area contributed by atoms with Crippen molar-refractivity contribution >= 4 is 29.6 Å². The molecule has 13 nitrogen and oxygen atoms in total. The van der Waals surface area contributed by atoms with Crippen LogP contribution in [0, 0.1) is 11.8 Å². The summed E-state index contributed by atoms with van der Waals surface area (Å²) in [6, 6.07) is -1.01. The zero-order chi connectivity index (χ0) is 31.4. The highest BCUT2D eigenvalue weighted by molar-refractivity contribution is 5.88. The normalized spacial score (nSPS) is 22.0. The molecule has 3 N–H and O–H groups in total. The molecule has 0 aromatic carbocycles. The van der Waals surface area contributed by atoms with Gasteiger partial charge in [0.15, 0.2) is 0 Å². The molecule has 7 atom stereocenters. The molecule has 2 aliphatic heterocycles. The summed E-state index contributed by atoms with van der Waals surface area (Å²) in [4.78, 5) is 66.9. The maximum Gasteiger partial charge on any atom is 0.325 e. The molecule has 0 aliphatic carbocycles. The van der Waals surface area contributed by atoms with Crippen molar-refractivity contribution < 1.29 is 38.2 Å². The largest absolute Gasteiger partial charge is 0.468 e. The van der Waals surface area contributed by atoms with Crippen LogP contribution in [0.15, 0.2) is 0 Å². The molecule has 0 saturated carbocycles. The van der Waals surface area contributed by atoms with Crippen molar-refractivity contribution in [2.45, 2.75) is 89.6 Å². The number of nitrogens with zero attached hydrogens (tertiary/aromatic N) is 2. The van der Waals surface area contributed by atoms with Gasteiger partial charge >= 0.3 is 5.97 Å². The van der Waals surface area contributed by atoms with Gasteiger partial charge in [-0.3, -0.25) is 24.0 Å². The molecule has 0 bridgehead atoms. The number of methoxy groups -OCH3 is 3. The van der Waals surface area contributed by atoms with Gasteiger partial charge in [0.1, 0.15) is 6.54 Å². The second-order valence-corrected chi connectivity index (χ2v) is 11.3. The number of likely N-dealkylation sites (tertiary alicyclic amines) is 1. The predicted molar refractivity (Wildman–Crippen MR) is 155 cm³/mol. The van der Waals surface area contributed by atoms with Crippen LogP contribution in [-0.4, -0.2) is 124 Å². The number of nitrogens with one attached hydrogen (secondary N) is 3. The first kappa shape index (κ1) is 35.4. The molecule has 2 heterocycles. The smallest absolute Gasteiger partial charge is 0.325 e. The highest BCUT2D eigenvalue weighted by atomic mass is 16.5. The van der Waals surface area contributed by atoms with E-state index in [1.165, 1.54) is 21.3 Å². The molecule has 2 rings (SSSR count). The van der Waals surface area contributed by atoms with E-state index in [0.717, 1.165) is 32.2 Å². The van der Waals surface area contributed by atoms with Crippen molar-refractivity contribution in [3.05, 3.63) is 0 Å². The van der Waals surface area contributed by atoms with Crippen molar-refractivity contribution in [1.29, 1.82) is 0 Å². The lowest BCUT2D eigenvalue weighted by atomic mass is 9.90. The molecule has 0 aromatic heterocycles. The first-order valence-electron chi connectivity index (χ1n) is 15.0. The molecular formula is C29H51N5O8. The minimum atomic E-state index is -0.623. The van der Waals surface area contributed by atoms with Crippen molar-refractivity contribution in [2.75, 3.05) is 54.6 Å². The third-order valence-corrected chi connectivity index (χ3v) is 8.73. The van der Waals surface area contributed by atoms with Gasteiger partial charge in [0.05, 0.1) is 56.3 Å². The van der Waals surface area contributed by atoms with Gasteiger partial charge in [0.25, 0.3) is 0 Å². The Balaban J connectivity index is 2.10. The number of rotatable bonds is 16. The molecule has 240 valence electrons. The number of ether oxygens (including phenoxy) is 3. The van der Waals surface area contributed by atoms with Crippen molar-refractivity contribution in [1.82, 2.24) is 25.8 Å². The van der Waals surface area contributed by atoms with Crippen molar-refractivity contribution in [3.8, 4) is 0 Å². The Hall–Kier alpha value is -2.77. The van der Waals surface area contributed by atoms with Crippen LogP contribution in [-0.2, 0) is 38.2 Å². The van der Waals surface area contributed by atoms with E-state index in [0.29, 0.717) is 13.0 Å². The molecule has 0 aromatic rings. The fourth-order valence-electron chi connectivity index (χ4n) is 6.04. The van der Waals surface area contributed by atoms with Crippen LogP contribution in [0.5, 0.6) is 0 Å². The number of likely N-dealkylation sites (N-methyl/N-ethyl adjacent to an activating group) is 1. The number of hydrogen-bond acceptors (Lipinski definition) is 9. The molecule has 2 aliphatic rings. The average Bonchev–Trinajstić information content (AvgIpc) is 3.71. The molecular weight excluding hydrogens is 546 g/mol. The fourth-order valence-corrected chi connectivity index (χ4v) is 6.04. The second-order valence-electron chi connectivity index (χ2n) is 11.3. The Kier molecular flexibility index (Phi) is 14.7. The number of carbonyl (C=O) groups excluding carboxylic acids is 5. The number of carbonyl (C=O) groups is 5. The Morgan fingerprint density at radius 2 is 1.71 bits per heavy atom. The van der Waals surface area contributed by atoms with Crippen LogP contribution in [0.2, 0.25) is 0 Å². The highest BCUT2D eigenvalue weighted by Crippen LogP contribution is 2.29. The van der Waals surface area contributed by atoms with Crippen LogP contribution >= 0.6 is 0 Å². The van der Waals surface area contributed by atoms with E-state index < -0.39 is 30.1 Å². The first-order chi connectivity index (χ1) is 20.0. The van der Waals surface area contributed by atoms with Crippen LogP contribution in [0.4, 0.5) is 0 Å². The monoisotopic (exact) mass is 597 g/mol. The summed E-state index contributed by atoms with van der Waals surface area (Å²) in [5, 5.41) is 8.43. The summed E-state index contributed by atoms with van der Waals surface area (Å²) in [5.41, 5.74) is 0. The van der Waals surface area contributed by atoms with Gasteiger partial charge in [-0.2, -0.15) is 0 Å². The number of esters is 1. The average molecular weight is 598 g/mol. The van der Waals surface area contributed by atoms with E-state index in [1.54, 1.807) is 23.8 Å². The van der Waals surface area contributed by atoms with Crippen molar-refractivity contribution in [3.63, 3.8) is 0 Å². The summed E-state index contributed by atoms with van der Waals surface area (Å²) in [5.74, 6) is -2.12. The SMILES string of the molecule is CC[C@H](C)[C@@H](C(CC(=O)N1CCCC1C(OC)C(C)C(=O)NCC(=O)OC)OC)N(C)C(=O)CNC(=O)[C@@H]1CCCN1. The van der Waals surface area contributed by atoms with Crippen molar-refractivity contribution in [2.24, 2.45) is 11.8 Å². The second kappa shape index (κ2) is 17.4. The Morgan fingerprint density at radius 1 is 1.00 bits per heavy atom. The zero-order valence-corrected chi connectivity index (χ0v) is 26.3. The van der Waals surface area contributed by atoms with Crippen LogP contribution in [0.3, 0.4) is 0 Å². The third-order valence-electron chi connectivity index (χ3n) is 8.73. The minimum Gasteiger partial charge on any atom is -0.468 e. The summed E-state index contributed by atoms with van der Waals surface area (Å²) in [6.45, 7) is 6.66. The van der Waals surface area contributed by atoms with E-state index in [9.17, 15) is 24.0 Å². The van der Waals surface area contributed by atoms with Gasteiger partial charge in [-0.25, -0.2) is 0 Å². The summed E-state index contributed by atoms with van der Waals surface area (Å²) < 4.78 is 16.2. The summed E-state index contributed by atoms with van der Waals surface area (Å²) >= 11 is 0. The van der Waals surface area contributed by atoms with Crippen LogP contribution in [0.25, 0.3) is 0 Å². The summed E-state index contributed by atoms with van der Waals surface area (Å²) in [7, 11) is 5.97. The van der Waals surface area contributed by atoms with Gasteiger partial charge in [0.2, 0.25) is 23.6 Å². The Morgan fingerprint density at radius 3 is 2.29 bits per heavy atom. The lowest BCUT2D eigenvalue weighted by Gasteiger charge is -2.39. The highest BCUT2D eigenvalue weighted by Gasteiger charge is 2.42. The lowest BCUT2D eigenvalue weighted by molar-refractivity contribution is -0.146. The number of amides is 4. The Bertz CT molecular complexity index is 928. The fraction of sp³-hybridized carbons (Fsp3) is 0.828. The molecule has 2 saturated heterocycles. The van der Waals surface area contributed by atoms with E-state index in [2.05, 4.69) is 20.7 Å². The van der Waals surface area contributed by atoms with E-state index in [4.69, 9.17) is 9.47 Å². The maximum absolute atomic E-state index is 13.7. The van der Waals surface area contributed by atoms with Crippen LogP contribution in [0.1, 0.15) is 59.3 Å². The molecule has 4 amide bonds. The number of hydrogen-bond donors (Lipinski definition) is 3. The van der Waals surface area contributed by atoms with Gasteiger partial charge in [0, 0.05) is 27.8 Å². The molecule has 0 radical (unpaired) electrons. The topological polar surface area (TPSA) is 156 Å². The standard InChI is InChI=1S/C29H51N5O8/c1-8-18(2)26(33(4)24(36)16-31-29(39)20-11-9-13-30-20)22(40-5)15-23(35)34-14-10-12-21(34)27(42-7)19(3)28(38)32-17-25(37)41-6/h18-22,26-27,30H,8-17H2,1-7H3,(H,31,39)(H,32,38)/t18-,19?,20-,21?,22?,26-,27?/m0/s1. The predicted octanol–water partition coefficient (Wildman–Crippen LogP) is 0.0641. The van der Waals surface area contributed by atoms with E-state index in [-0.39, 0.29) is 61.1 Å². The Labute approximate surface area is 249 Å². The van der Waals surface area contributed by atoms with E-state index >= 15 is 0 Å². The van der Waals surface area contributed by atoms with Gasteiger partial charge in [-0.05, 0) is 38.1 Å². The quantitative estimate of drug-likeness (QED) is 0.210. The third kappa shape index (κ3) is 9.37. The van der Waals surface area contributed by atoms with E-state index in [1.807, 2.05) is 13.8 Å². The van der Waals surface area contributed by atoms with Gasteiger partial charge in [-0.15, -0.1) is 0 Å². The van der Waals surface area contributed by atoms with Gasteiger partial charge < -0.3 is 40.0 Å². The minimum absolute atomic E-state index is 0.0172. The molecule has 2 fully saturated rings. The molecule has 4 unspecified atom stereocenters. The maximum atomic E-state index is 13.7. The van der Waals surface area contributed by atoms with Crippen LogP contribution < -0.4 is 16.0 Å². The first-order valence-corrected chi connectivity index (χ1v) is 15.0. The van der Waals surface area contributed by atoms with Gasteiger partial charge in [-0.1, -0.05) is 27.2 Å². The molecule has 42 heavy (non-hydrogen) atoms. The zero-order valence-electron chi connectivity index (χ0n) is 26.3. The summed E-state index contributed by atoms with van der Waals surface area (Å²) in [6.07, 6.45) is 2.72. The molecule has 0 spiro atoms. The molecule has 13 heteroatoms.